The fourth-order valence-electron chi connectivity index (χ4n) is 2.01. The number of aliphatic hydroxyl groups excluding tert-OH is 1. The SMILES string of the molecule is NCC(c1cccs1)N(CCO)C1CC1. The first-order valence-corrected chi connectivity index (χ1v) is 6.35. The predicted molar refractivity (Wildman–Crippen MR) is 62.9 cm³/mol. The smallest absolute Gasteiger partial charge is 0.0567 e. The molecular weight excluding hydrogens is 208 g/mol. The lowest BCUT2D eigenvalue weighted by Crippen LogP contribution is -2.37. The fourth-order valence-corrected chi connectivity index (χ4v) is 2.87. The normalized spacial score (nSPS) is 18.3. The summed E-state index contributed by atoms with van der Waals surface area (Å²) in [5.74, 6) is 0. The van der Waals surface area contributed by atoms with Crippen LogP contribution in [0, 0.1) is 0 Å². The number of hydrogen-bond acceptors (Lipinski definition) is 4. The van der Waals surface area contributed by atoms with Crippen LogP contribution in [-0.2, 0) is 0 Å². The van der Waals surface area contributed by atoms with Gasteiger partial charge in [-0.15, -0.1) is 11.3 Å². The lowest BCUT2D eigenvalue weighted by molar-refractivity contribution is 0.147. The second-order valence-corrected chi connectivity index (χ2v) is 4.94. The molecule has 1 atom stereocenters. The highest BCUT2D eigenvalue weighted by Crippen LogP contribution is 2.34. The van der Waals surface area contributed by atoms with Crippen LogP contribution in [0.15, 0.2) is 17.5 Å². The summed E-state index contributed by atoms with van der Waals surface area (Å²) in [6.07, 6.45) is 2.50. The highest BCUT2D eigenvalue weighted by atomic mass is 32.1. The Labute approximate surface area is 94.5 Å². The van der Waals surface area contributed by atoms with E-state index in [1.807, 2.05) is 0 Å². The number of rotatable bonds is 6. The van der Waals surface area contributed by atoms with Crippen molar-refractivity contribution in [2.45, 2.75) is 24.9 Å². The Kier molecular flexibility index (Phi) is 3.75. The second kappa shape index (κ2) is 5.07. The molecule has 1 heterocycles. The van der Waals surface area contributed by atoms with Gasteiger partial charge in [-0.25, -0.2) is 0 Å². The molecule has 84 valence electrons. The fraction of sp³-hybridized carbons (Fsp3) is 0.636. The van der Waals surface area contributed by atoms with Crippen LogP contribution >= 0.6 is 11.3 Å². The van der Waals surface area contributed by atoms with E-state index in [0.29, 0.717) is 18.6 Å². The van der Waals surface area contributed by atoms with Crippen molar-refractivity contribution in [3.05, 3.63) is 22.4 Å². The molecule has 1 aliphatic rings. The van der Waals surface area contributed by atoms with Crippen LogP contribution in [0.2, 0.25) is 0 Å². The van der Waals surface area contributed by atoms with Crippen molar-refractivity contribution in [3.8, 4) is 0 Å². The van der Waals surface area contributed by atoms with Gasteiger partial charge in [0.1, 0.15) is 0 Å². The minimum atomic E-state index is 0.221. The quantitative estimate of drug-likeness (QED) is 0.766. The molecule has 0 bridgehead atoms. The molecule has 0 spiro atoms. The van der Waals surface area contributed by atoms with Crippen LogP contribution in [0.4, 0.5) is 0 Å². The molecule has 1 aliphatic carbocycles. The summed E-state index contributed by atoms with van der Waals surface area (Å²) < 4.78 is 0. The minimum absolute atomic E-state index is 0.221. The molecular formula is C11H18N2OS. The van der Waals surface area contributed by atoms with Gasteiger partial charge >= 0.3 is 0 Å². The van der Waals surface area contributed by atoms with Gasteiger partial charge in [-0.1, -0.05) is 6.07 Å². The molecule has 15 heavy (non-hydrogen) atoms. The summed E-state index contributed by atoms with van der Waals surface area (Å²) in [6.45, 7) is 1.60. The third kappa shape index (κ3) is 2.58. The molecule has 4 heteroatoms. The highest BCUT2D eigenvalue weighted by Gasteiger charge is 2.33. The van der Waals surface area contributed by atoms with Crippen LogP contribution in [-0.4, -0.2) is 35.7 Å². The maximum Gasteiger partial charge on any atom is 0.0567 e. The molecule has 0 aliphatic heterocycles. The van der Waals surface area contributed by atoms with E-state index in [-0.39, 0.29) is 6.61 Å². The van der Waals surface area contributed by atoms with Crippen molar-refractivity contribution in [2.24, 2.45) is 5.73 Å². The third-order valence-electron chi connectivity index (χ3n) is 2.87. The van der Waals surface area contributed by atoms with Gasteiger partial charge in [-0.3, -0.25) is 4.90 Å². The maximum atomic E-state index is 9.08. The van der Waals surface area contributed by atoms with Gasteiger partial charge in [-0.05, 0) is 24.3 Å². The van der Waals surface area contributed by atoms with E-state index >= 15 is 0 Å². The van der Waals surface area contributed by atoms with Crippen LogP contribution in [0.3, 0.4) is 0 Å². The first-order chi connectivity index (χ1) is 7.36. The monoisotopic (exact) mass is 226 g/mol. The summed E-state index contributed by atoms with van der Waals surface area (Å²) in [4.78, 5) is 3.67. The summed E-state index contributed by atoms with van der Waals surface area (Å²) in [5.41, 5.74) is 5.84. The molecule has 1 aromatic rings. The van der Waals surface area contributed by atoms with Gasteiger partial charge in [0.15, 0.2) is 0 Å². The average Bonchev–Trinajstić information content (AvgIpc) is 2.96. The lowest BCUT2D eigenvalue weighted by Gasteiger charge is -2.29. The number of hydrogen-bond donors (Lipinski definition) is 2. The largest absolute Gasteiger partial charge is 0.395 e. The summed E-state index contributed by atoms with van der Waals surface area (Å²) in [6, 6.07) is 5.14. The zero-order valence-corrected chi connectivity index (χ0v) is 9.62. The lowest BCUT2D eigenvalue weighted by atomic mass is 10.2. The van der Waals surface area contributed by atoms with Crippen LogP contribution < -0.4 is 5.73 Å². The molecule has 2 rings (SSSR count). The maximum absolute atomic E-state index is 9.08. The van der Waals surface area contributed by atoms with E-state index in [4.69, 9.17) is 10.8 Å². The Morgan fingerprint density at radius 1 is 1.60 bits per heavy atom. The van der Waals surface area contributed by atoms with Crippen molar-refractivity contribution >= 4 is 11.3 Å². The van der Waals surface area contributed by atoms with E-state index in [0.717, 1.165) is 6.54 Å². The van der Waals surface area contributed by atoms with Crippen molar-refractivity contribution < 1.29 is 5.11 Å². The summed E-state index contributed by atoms with van der Waals surface area (Å²) in [5, 5.41) is 11.2. The zero-order chi connectivity index (χ0) is 10.7. The Morgan fingerprint density at radius 3 is 2.87 bits per heavy atom. The van der Waals surface area contributed by atoms with Crippen molar-refractivity contribution in [1.82, 2.24) is 4.90 Å². The number of aliphatic hydroxyl groups is 1. The predicted octanol–water partition coefficient (Wildman–Crippen LogP) is 1.20. The van der Waals surface area contributed by atoms with Gasteiger partial charge in [0.2, 0.25) is 0 Å². The van der Waals surface area contributed by atoms with E-state index in [2.05, 4.69) is 22.4 Å². The molecule has 3 N–H and O–H groups in total. The minimum Gasteiger partial charge on any atom is -0.395 e. The summed E-state index contributed by atoms with van der Waals surface area (Å²) >= 11 is 1.75. The van der Waals surface area contributed by atoms with Crippen LogP contribution in [0.5, 0.6) is 0 Å². The first kappa shape index (κ1) is 11.1. The van der Waals surface area contributed by atoms with E-state index in [9.17, 15) is 0 Å². The molecule has 0 amide bonds. The Balaban J connectivity index is 2.08. The molecule has 3 nitrogen and oxygen atoms in total. The molecule has 0 radical (unpaired) electrons. The van der Waals surface area contributed by atoms with Gasteiger partial charge in [0.25, 0.3) is 0 Å². The second-order valence-electron chi connectivity index (χ2n) is 3.96. The number of nitrogens with zero attached hydrogens (tertiary/aromatic N) is 1. The Morgan fingerprint density at radius 2 is 2.40 bits per heavy atom. The van der Waals surface area contributed by atoms with E-state index in [1.165, 1.54) is 17.7 Å². The zero-order valence-electron chi connectivity index (χ0n) is 8.80. The van der Waals surface area contributed by atoms with Gasteiger partial charge in [0.05, 0.1) is 12.6 Å². The third-order valence-corrected chi connectivity index (χ3v) is 3.84. The standard InChI is InChI=1S/C11H18N2OS/c12-8-10(11-2-1-7-15-11)13(5-6-14)9-3-4-9/h1-2,7,9-10,14H,3-6,8,12H2. The van der Waals surface area contributed by atoms with Crippen molar-refractivity contribution in [1.29, 1.82) is 0 Å². The Hall–Kier alpha value is -0.420. The van der Waals surface area contributed by atoms with Crippen molar-refractivity contribution in [3.63, 3.8) is 0 Å². The van der Waals surface area contributed by atoms with Gasteiger partial charge in [-0.2, -0.15) is 0 Å². The van der Waals surface area contributed by atoms with Crippen LogP contribution in [0.25, 0.3) is 0 Å². The molecule has 1 aromatic heterocycles. The van der Waals surface area contributed by atoms with Crippen molar-refractivity contribution in [2.75, 3.05) is 19.7 Å². The molecule has 0 aromatic carbocycles. The topological polar surface area (TPSA) is 49.5 Å². The molecule has 1 fully saturated rings. The number of thiophene rings is 1. The Bertz CT molecular complexity index is 285. The summed E-state index contributed by atoms with van der Waals surface area (Å²) in [7, 11) is 0. The van der Waals surface area contributed by atoms with E-state index < -0.39 is 0 Å². The van der Waals surface area contributed by atoms with Crippen LogP contribution in [0.1, 0.15) is 23.8 Å². The molecule has 0 saturated heterocycles. The molecule has 1 saturated carbocycles. The average molecular weight is 226 g/mol. The van der Waals surface area contributed by atoms with Gasteiger partial charge < -0.3 is 10.8 Å². The number of nitrogens with two attached hydrogens (primary N) is 1. The van der Waals surface area contributed by atoms with Gasteiger partial charge in [0, 0.05) is 24.0 Å². The molecule has 1 unspecified atom stereocenters. The first-order valence-electron chi connectivity index (χ1n) is 5.47. The highest BCUT2D eigenvalue weighted by molar-refractivity contribution is 7.10. The van der Waals surface area contributed by atoms with E-state index in [1.54, 1.807) is 11.3 Å².